The van der Waals surface area contributed by atoms with Gasteiger partial charge in [0.2, 0.25) is 0 Å². The van der Waals surface area contributed by atoms with Crippen molar-refractivity contribution in [1.29, 1.82) is 0 Å². The zero-order chi connectivity index (χ0) is 17.0. The Morgan fingerprint density at radius 2 is 1.91 bits per heavy atom. The number of benzene rings is 1. The van der Waals surface area contributed by atoms with Gasteiger partial charge in [0.25, 0.3) is 0 Å². The molecule has 0 aliphatic carbocycles. The van der Waals surface area contributed by atoms with Gasteiger partial charge in [-0.3, -0.25) is 0 Å². The third-order valence-electron chi connectivity index (χ3n) is 3.10. The summed E-state index contributed by atoms with van der Waals surface area (Å²) in [5, 5.41) is 3.55. The van der Waals surface area contributed by atoms with Crippen LogP contribution in [0.5, 0.6) is 0 Å². The first-order valence-corrected chi connectivity index (χ1v) is 7.55. The molecule has 1 aromatic heterocycles. The summed E-state index contributed by atoms with van der Waals surface area (Å²) in [5.74, 6) is -0.440. The van der Waals surface area contributed by atoms with Gasteiger partial charge in [0, 0.05) is 23.0 Å². The molecule has 1 amide bonds. The van der Waals surface area contributed by atoms with Gasteiger partial charge in [-0.2, -0.15) is 0 Å². The van der Waals surface area contributed by atoms with E-state index in [2.05, 4.69) is 10.3 Å². The monoisotopic (exact) mass is 318 g/mol. The van der Waals surface area contributed by atoms with Crippen LogP contribution in [-0.2, 0) is 16.0 Å². The number of hydrogen-bond acceptors (Lipinski definition) is 4. The minimum absolute atomic E-state index is 0.174. The predicted molar refractivity (Wildman–Crippen MR) is 87.3 cm³/mol. The molecule has 2 rings (SSSR count). The fraction of sp³-hybridized carbons (Fsp3) is 0.412. The van der Waals surface area contributed by atoms with Crippen LogP contribution in [0.2, 0.25) is 0 Å². The molecule has 6 heteroatoms. The maximum atomic E-state index is 12.1. The number of H-pyrrole nitrogens is 1. The highest BCUT2D eigenvalue weighted by Gasteiger charge is 2.21. The van der Waals surface area contributed by atoms with E-state index in [9.17, 15) is 9.59 Å². The van der Waals surface area contributed by atoms with Gasteiger partial charge in [0.05, 0.1) is 6.61 Å². The first-order valence-electron chi connectivity index (χ1n) is 7.55. The van der Waals surface area contributed by atoms with Gasteiger partial charge in [0.1, 0.15) is 11.3 Å². The minimum atomic E-state index is -0.575. The van der Waals surface area contributed by atoms with Crippen molar-refractivity contribution in [1.82, 2.24) is 10.3 Å². The summed E-state index contributed by atoms with van der Waals surface area (Å²) in [6, 6.07) is 7.51. The fourth-order valence-electron chi connectivity index (χ4n) is 2.24. The van der Waals surface area contributed by atoms with Gasteiger partial charge in [-0.1, -0.05) is 18.2 Å². The number of aromatic amines is 1. The summed E-state index contributed by atoms with van der Waals surface area (Å²) >= 11 is 0. The summed E-state index contributed by atoms with van der Waals surface area (Å²) in [6.45, 7) is 7.59. The Kier molecular flexibility index (Phi) is 4.93. The van der Waals surface area contributed by atoms with E-state index in [4.69, 9.17) is 9.47 Å². The number of nitrogens with one attached hydrogen (secondary N) is 2. The third kappa shape index (κ3) is 4.25. The molecule has 124 valence electrons. The summed E-state index contributed by atoms with van der Waals surface area (Å²) in [4.78, 5) is 27.0. The van der Waals surface area contributed by atoms with E-state index in [1.807, 2.05) is 24.3 Å². The summed E-state index contributed by atoms with van der Waals surface area (Å²) in [7, 11) is 0. The highest BCUT2D eigenvalue weighted by Crippen LogP contribution is 2.23. The van der Waals surface area contributed by atoms with E-state index < -0.39 is 17.7 Å². The van der Waals surface area contributed by atoms with Crippen molar-refractivity contribution in [2.75, 3.05) is 6.61 Å². The second-order valence-corrected chi connectivity index (χ2v) is 6.10. The number of rotatable bonds is 4. The Hall–Kier alpha value is -2.50. The smallest absolute Gasteiger partial charge is 0.407 e. The van der Waals surface area contributed by atoms with Gasteiger partial charge < -0.3 is 19.8 Å². The van der Waals surface area contributed by atoms with Crippen LogP contribution < -0.4 is 5.32 Å². The SMILES string of the molecule is CCOC(=O)c1[nH]c2ccccc2c1CNC(=O)OC(C)(C)C. The van der Waals surface area contributed by atoms with Crippen LogP contribution in [0, 0.1) is 0 Å². The fourth-order valence-corrected chi connectivity index (χ4v) is 2.24. The number of aromatic nitrogens is 1. The Morgan fingerprint density at radius 1 is 1.22 bits per heavy atom. The first kappa shape index (κ1) is 16.9. The highest BCUT2D eigenvalue weighted by molar-refractivity contribution is 5.98. The Balaban J connectivity index is 2.25. The number of carbonyl (C=O) groups excluding carboxylic acids is 2. The number of esters is 1. The lowest BCUT2D eigenvalue weighted by molar-refractivity contribution is 0.0499. The molecule has 0 atom stereocenters. The molecule has 6 nitrogen and oxygen atoms in total. The lowest BCUT2D eigenvalue weighted by Gasteiger charge is -2.19. The van der Waals surface area contributed by atoms with Crippen LogP contribution in [0.25, 0.3) is 10.9 Å². The molecule has 0 saturated heterocycles. The second kappa shape index (κ2) is 6.73. The van der Waals surface area contributed by atoms with Gasteiger partial charge >= 0.3 is 12.1 Å². The van der Waals surface area contributed by atoms with Gasteiger partial charge in [-0.05, 0) is 33.8 Å². The largest absolute Gasteiger partial charge is 0.461 e. The predicted octanol–water partition coefficient (Wildman–Crippen LogP) is 3.37. The minimum Gasteiger partial charge on any atom is -0.461 e. The van der Waals surface area contributed by atoms with E-state index in [1.165, 1.54) is 0 Å². The van der Waals surface area contributed by atoms with Crippen molar-refractivity contribution in [3.63, 3.8) is 0 Å². The van der Waals surface area contributed by atoms with Crippen molar-refractivity contribution in [2.24, 2.45) is 0 Å². The number of carbonyl (C=O) groups is 2. The van der Waals surface area contributed by atoms with Gasteiger partial charge in [-0.15, -0.1) is 0 Å². The lowest BCUT2D eigenvalue weighted by atomic mass is 10.1. The molecule has 0 unspecified atom stereocenters. The highest BCUT2D eigenvalue weighted by atomic mass is 16.6. The zero-order valence-electron chi connectivity index (χ0n) is 13.9. The molecule has 0 fully saturated rings. The molecule has 2 aromatic rings. The molecule has 0 aliphatic rings. The van der Waals surface area contributed by atoms with Crippen molar-refractivity contribution < 1.29 is 19.1 Å². The van der Waals surface area contributed by atoms with Crippen LogP contribution in [0.15, 0.2) is 24.3 Å². The van der Waals surface area contributed by atoms with E-state index in [1.54, 1.807) is 27.7 Å². The van der Waals surface area contributed by atoms with Crippen LogP contribution in [0.4, 0.5) is 4.79 Å². The number of fused-ring (bicyclic) bond motifs is 1. The summed E-state index contributed by atoms with van der Waals surface area (Å²) in [6.07, 6.45) is -0.530. The molecule has 1 aromatic carbocycles. The van der Waals surface area contributed by atoms with Crippen molar-refractivity contribution in [3.8, 4) is 0 Å². The number of para-hydroxylation sites is 1. The standard InChI is InChI=1S/C17H22N2O4/c1-5-22-15(20)14-12(10-18-16(21)23-17(2,3)4)11-8-6-7-9-13(11)19-14/h6-9,19H,5,10H2,1-4H3,(H,18,21). The molecule has 2 N–H and O–H groups in total. The van der Waals surface area contributed by atoms with Crippen LogP contribution in [-0.4, -0.2) is 29.3 Å². The van der Waals surface area contributed by atoms with Crippen molar-refractivity contribution >= 4 is 23.0 Å². The second-order valence-electron chi connectivity index (χ2n) is 6.10. The lowest BCUT2D eigenvalue weighted by Crippen LogP contribution is -2.32. The number of ether oxygens (including phenoxy) is 2. The molecule has 0 saturated carbocycles. The van der Waals surface area contributed by atoms with E-state index in [0.29, 0.717) is 11.3 Å². The van der Waals surface area contributed by atoms with Crippen LogP contribution in [0.3, 0.4) is 0 Å². The topological polar surface area (TPSA) is 80.4 Å². The Labute approximate surface area is 135 Å². The maximum Gasteiger partial charge on any atom is 0.407 e. The molecule has 23 heavy (non-hydrogen) atoms. The van der Waals surface area contributed by atoms with Gasteiger partial charge in [0.15, 0.2) is 0 Å². The van der Waals surface area contributed by atoms with E-state index in [-0.39, 0.29) is 13.2 Å². The average Bonchev–Trinajstić information content (AvgIpc) is 2.82. The summed E-state index contributed by atoms with van der Waals surface area (Å²) < 4.78 is 10.3. The third-order valence-corrected chi connectivity index (χ3v) is 3.10. The molecular formula is C17H22N2O4. The maximum absolute atomic E-state index is 12.1. The molecule has 1 heterocycles. The summed E-state index contributed by atoms with van der Waals surface area (Å²) in [5.41, 5.74) is 1.28. The molecule has 0 bridgehead atoms. The normalized spacial score (nSPS) is 11.3. The van der Waals surface area contributed by atoms with Crippen LogP contribution >= 0.6 is 0 Å². The van der Waals surface area contributed by atoms with Gasteiger partial charge in [-0.25, -0.2) is 9.59 Å². The quantitative estimate of drug-likeness (QED) is 0.847. The molecular weight excluding hydrogens is 296 g/mol. The zero-order valence-corrected chi connectivity index (χ0v) is 13.9. The molecule has 0 aliphatic heterocycles. The Bertz CT molecular complexity index is 713. The number of amides is 1. The number of alkyl carbamates (subject to hydrolysis) is 1. The molecule has 0 radical (unpaired) electrons. The average molecular weight is 318 g/mol. The Morgan fingerprint density at radius 3 is 2.57 bits per heavy atom. The first-order chi connectivity index (χ1) is 10.8. The van der Waals surface area contributed by atoms with Crippen LogP contribution in [0.1, 0.15) is 43.7 Å². The van der Waals surface area contributed by atoms with Crippen molar-refractivity contribution in [3.05, 3.63) is 35.5 Å². The van der Waals surface area contributed by atoms with E-state index >= 15 is 0 Å². The van der Waals surface area contributed by atoms with E-state index in [0.717, 1.165) is 10.9 Å². The van der Waals surface area contributed by atoms with Crippen molar-refractivity contribution in [2.45, 2.75) is 39.8 Å². The molecule has 0 spiro atoms. The number of hydrogen-bond donors (Lipinski definition) is 2.